The molecule has 0 aliphatic heterocycles. The molecule has 106 valence electrons. The molecule has 0 bridgehead atoms. The second-order valence-electron chi connectivity index (χ2n) is 7.08. The van der Waals surface area contributed by atoms with E-state index >= 15 is 0 Å². The van der Waals surface area contributed by atoms with Crippen LogP contribution < -0.4 is 5.32 Å². The van der Waals surface area contributed by atoms with Crippen LogP contribution >= 0.6 is 0 Å². The lowest BCUT2D eigenvalue weighted by atomic mass is 9.79. The molecule has 19 heavy (non-hydrogen) atoms. The highest BCUT2D eigenvalue weighted by Crippen LogP contribution is 2.36. The topological polar surface area (TPSA) is 12.0 Å². The zero-order valence-electron chi connectivity index (χ0n) is 12.9. The molecule has 0 spiro atoms. The zero-order chi connectivity index (χ0) is 13.9. The molecule has 0 amide bonds. The van der Waals surface area contributed by atoms with Crippen molar-refractivity contribution in [1.82, 2.24) is 5.32 Å². The third-order valence-corrected chi connectivity index (χ3v) is 4.59. The highest BCUT2D eigenvalue weighted by molar-refractivity contribution is 5.23. The van der Waals surface area contributed by atoms with Gasteiger partial charge in [0.25, 0.3) is 0 Å². The molecule has 0 heterocycles. The quantitative estimate of drug-likeness (QED) is 0.766. The van der Waals surface area contributed by atoms with E-state index in [4.69, 9.17) is 0 Å². The van der Waals surface area contributed by atoms with E-state index in [1.807, 2.05) is 0 Å². The largest absolute Gasteiger partial charge is 0.314 e. The summed E-state index contributed by atoms with van der Waals surface area (Å²) in [5.74, 6) is 1.85. The van der Waals surface area contributed by atoms with Crippen molar-refractivity contribution in [3.8, 4) is 0 Å². The van der Waals surface area contributed by atoms with E-state index < -0.39 is 0 Å². The molecule has 1 heteroatoms. The Hall–Kier alpha value is -0.820. The maximum absolute atomic E-state index is 3.73. The number of rotatable bonds is 7. The highest BCUT2D eigenvalue weighted by atomic mass is 14.9. The molecule has 1 fully saturated rings. The van der Waals surface area contributed by atoms with Crippen LogP contribution in [0.4, 0.5) is 0 Å². The van der Waals surface area contributed by atoms with Gasteiger partial charge in [0.15, 0.2) is 0 Å². The Balaban J connectivity index is 1.81. The normalized spacial score (nSPS) is 19.2. The minimum absolute atomic E-state index is 0.247. The van der Waals surface area contributed by atoms with E-state index in [0.29, 0.717) is 6.04 Å². The summed E-state index contributed by atoms with van der Waals surface area (Å²) in [5, 5.41) is 3.73. The summed E-state index contributed by atoms with van der Waals surface area (Å²) in [7, 11) is 0. The van der Waals surface area contributed by atoms with Crippen molar-refractivity contribution in [2.45, 2.75) is 58.4 Å². The van der Waals surface area contributed by atoms with Gasteiger partial charge in [0.2, 0.25) is 0 Å². The van der Waals surface area contributed by atoms with Gasteiger partial charge in [-0.15, -0.1) is 0 Å². The molecule has 0 radical (unpaired) electrons. The Morgan fingerprint density at radius 2 is 1.79 bits per heavy atom. The fraction of sp³-hybridized carbons (Fsp3) is 0.667. The van der Waals surface area contributed by atoms with Gasteiger partial charge in [-0.2, -0.15) is 0 Å². The standard InChI is InChI=1S/C18H29N/c1-14(16-10-11-16)13-19-15(2)12-18(3,4)17-8-6-5-7-9-17/h5-9,14-16,19H,10-13H2,1-4H3. The van der Waals surface area contributed by atoms with Gasteiger partial charge in [0.05, 0.1) is 0 Å². The number of nitrogens with one attached hydrogen (secondary N) is 1. The molecule has 1 nitrogen and oxygen atoms in total. The fourth-order valence-electron chi connectivity index (χ4n) is 3.06. The molecular weight excluding hydrogens is 230 g/mol. The summed E-state index contributed by atoms with van der Waals surface area (Å²) in [6, 6.07) is 11.5. The smallest absolute Gasteiger partial charge is 0.00471 e. The van der Waals surface area contributed by atoms with E-state index in [1.54, 1.807) is 0 Å². The van der Waals surface area contributed by atoms with Gasteiger partial charge in [-0.1, -0.05) is 51.1 Å². The van der Waals surface area contributed by atoms with Crippen molar-refractivity contribution < 1.29 is 0 Å². The first-order chi connectivity index (χ1) is 8.99. The van der Waals surface area contributed by atoms with Crippen molar-refractivity contribution in [3.05, 3.63) is 35.9 Å². The third kappa shape index (κ3) is 4.35. The summed E-state index contributed by atoms with van der Waals surface area (Å²) in [4.78, 5) is 0. The maximum atomic E-state index is 3.73. The van der Waals surface area contributed by atoms with Crippen LogP contribution in [0, 0.1) is 11.8 Å². The minimum atomic E-state index is 0.247. The Morgan fingerprint density at radius 3 is 2.37 bits per heavy atom. The van der Waals surface area contributed by atoms with E-state index in [9.17, 15) is 0 Å². The average Bonchev–Trinajstić information content (AvgIpc) is 3.21. The van der Waals surface area contributed by atoms with Crippen LogP contribution in [-0.4, -0.2) is 12.6 Å². The molecule has 1 aliphatic carbocycles. The average molecular weight is 259 g/mol. The lowest BCUT2D eigenvalue weighted by Crippen LogP contribution is -2.36. The molecule has 2 atom stereocenters. The van der Waals surface area contributed by atoms with Crippen molar-refractivity contribution in [1.29, 1.82) is 0 Å². The lowest BCUT2D eigenvalue weighted by molar-refractivity contribution is 0.359. The van der Waals surface area contributed by atoms with Gasteiger partial charge in [0, 0.05) is 6.04 Å². The van der Waals surface area contributed by atoms with Gasteiger partial charge in [-0.05, 0) is 55.5 Å². The summed E-state index contributed by atoms with van der Waals surface area (Å²) in [6.07, 6.45) is 4.09. The first-order valence-electron chi connectivity index (χ1n) is 7.78. The minimum Gasteiger partial charge on any atom is -0.314 e. The SMILES string of the molecule is CC(CC(C)(C)c1ccccc1)NCC(C)C1CC1. The van der Waals surface area contributed by atoms with Crippen molar-refractivity contribution in [3.63, 3.8) is 0 Å². The zero-order valence-corrected chi connectivity index (χ0v) is 12.9. The Morgan fingerprint density at radius 1 is 1.16 bits per heavy atom. The molecule has 2 rings (SSSR count). The molecule has 1 N–H and O–H groups in total. The number of hydrogen-bond donors (Lipinski definition) is 1. The van der Waals surface area contributed by atoms with Crippen molar-refractivity contribution in [2.75, 3.05) is 6.54 Å². The number of hydrogen-bond acceptors (Lipinski definition) is 1. The summed E-state index contributed by atoms with van der Waals surface area (Å²) < 4.78 is 0. The summed E-state index contributed by atoms with van der Waals surface area (Å²) in [6.45, 7) is 10.6. The molecule has 1 aromatic carbocycles. The predicted octanol–water partition coefficient (Wildman–Crippen LogP) is 4.38. The van der Waals surface area contributed by atoms with E-state index in [-0.39, 0.29) is 5.41 Å². The fourth-order valence-corrected chi connectivity index (χ4v) is 3.06. The summed E-state index contributed by atoms with van der Waals surface area (Å²) >= 11 is 0. The molecular formula is C18H29N. The van der Waals surface area contributed by atoms with Crippen LogP contribution in [0.15, 0.2) is 30.3 Å². The monoisotopic (exact) mass is 259 g/mol. The molecule has 0 aromatic heterocycles. The second-order valence-corrected chi connectivity index (χ2v) is 7.08. The Labute approximate surface area is 118 Å². The second kappa shape index (κ2) is 6.09. The predicted molar refractivity (Wildman–Crippen MR) is 83.4 cm³/mol. The molecule has 1 saturated carbocycles. The highest BCUT2D eigenvalue weighted by Gasteiger charge is 2.28. The van der Waals surface area contributed by atoms with Crippen molar-refractivity contribution in [2.24, 2.45) is 11.8 Å². The van der Waals surface area contributed by atoms with Gasteiger partial charge in [-0.3, -0.25) is 0 Å². The lowest BCUT2D eigenvalue weighted by Gasteiger charge is -2.30. The van der Waals surface area contributed by atoms with Crippen LogP contribution in [-0.2, 0) is 5.41 Å². The van der Waals surface area contributed by atoms with Gasteiger partial charge in [0.1, 0.15) is 0 Å². The maximum Gasteiger partial charge on any atom is 0.00471 e. The van der Waals surface area contributed by atoms with E-state index in [1.165, 1.54) is 31.4 Å². The Bertz CT molecular complexity index is 378. The van der Waals surface area contributed by atoms with Crippen LogP contribution in [0.25, 0.3) is 0 Å². The van der Waals surface area contributed by atoms with Crippen LogP contribution in [0.1, 0.15) is 52.5 Å². The van der Waals surface area contributed by atoms with Gasteiger partial charge in [-0.25, -0.2) is 0 Å². The van der Waals surface area contributed by atoms with Gasteiger partial charge >= 0.3 is 0 Å². The summed E-state index contributed by atoms with van der Waals surface area (Å²) in [5.41, 5.74) is 1.69. The Kier molecular flexibility index (Phi) is 4.67. The first-order valence-corrected chi connectivity index (χ1v) is 7.78. The van der Waals surface area contributed by atoms with Crippen LogP contribution in [0.5, 0.6) is 0 Å². The molecule has 0 saturated heterocycles. The van der Waals surface area contributed by atoms with Crippen LogP contribution in [0.3, 0.4) is 0 Å². The number of benzene rings is 1. The van der Waals surface area contributed by atoms with Gasteiger partial charge < -0.3 is 5.32 Å². The van der Waals surface area contributed by atoms with Crippen LogP contribution in [0.2, 0.25) is 0 Å². The third-order valence-electron chi connectivity index (χ3n) is 4.59. The molecule has 1 aromatic rings. The first kappa shape index (κ1) is 14.6. The van der Waals surface area contributed by atoms with E-state index in [0.717, 1.165) is 11.8 Å². The van der Waals surface area contributed by atoms with Crippen molar-refractivity contribution >= 4 is 0 Å². The molecule has 2 unspecified atom stereocenters. The van der Waals surface area contributed by atoms with E-state index in [2.05, 4.69) is 63.3 Å². The molecule has 1 aliphatic rings.